The van der Waals surface area contributed by atoms with Gasteiger partial charge in [-0.15, -0.1) is 24.0 Å². The summed E-state index contributed by atoms with van der Waals surface area (Å²) in [7, 11) is 0. The molecule has 30 heavy (non-hydrogen) atoms. The van der Waals surface area contributed by atoms with Crippen LogP contribution in [0, 0.1) is 0 Å². The molecule has 1 heterocycles. The minimum Gasteiger partial charge on any atom is -0.381 e. The lowest BCUT2D eigenvalue weighted by Crippen LogP contribution is -2.42. The standard InChI is InChI=1S/C19H25F6N3O.HI/c1-2-26-16(27-9-6-18(20,21)22)28-13-17(7-10-29-11-8-17)14-4-3-5-15(12-14)19(23,24)25;/h3-5,12H,2,6-11,13H2,1H3,(H2,26,27,28);1H. The first kappa shape index (κ1) is 26.8. The molecule has 0 aromatic heterocycles. The lowest BCUT2D eigenvalue weighted by Gasteiger charge is -2.37. The van der Waals surface area contributed by atoms with E-state index in [1.54, 1.807) is 13.0 Å². The molecule has 0 unspecified atom stereocenters. The summed E-state index contributed by atoms with van der Waals surface area (Å²) in [6.45, 7) is 2.77. The van der Waals surface area contributed by atoms with Crippen LogP contribution in [0.15, 0.2) is 29.3 Å². The largest absolute Gasteiger partial charge is 0.416 e. The maximum atomic E-state index is 13.1. The van der Waals surface area contributed by atoms with Crippen molar-refractivity contribution in [1.29, 1.82) is 0 Å². The van der Waals surface area contributed by atoms with E-state index in [0.29, 0.717) is 38.2 Å². The lowest BCUT2D eigenvalue weighted by atomic mass is 9.74. The number of halogens is 7. The number of benzene rings is 1. The summed E-state index contributed by atoms with van der Waals surface area (Å²) in [4.78, 5) is 4.39. The maximum absolute atomic E-state index is 13.1. The van der Waals surface area contributed by atoms with Gasteiger partial charge in [-0.2, -0.15) is 26.3 Å². The van der Waals surface area contributed by atoms with Gasteiger partial charge in [0.05, 0.1) is 18.5 Å². The second kappa shape index (κ2) is 11.4. The predicted octanol–water partition coefficient (Wildman–Crippen LogP) is 4.88. The van der Waals surface area contributed by atoms with E-state index in [-0.39, 0.29) is 43.0 Å². The van der Waals surface area contributed by atoms with E-state index in [1.165, 1.54) is 6.07 Å². The molecule has 1 saturated heterocycles. The van der Waals surface area contributed by atoms with Crippen LogP contribution in [0.1, 0.15) is 37.3 Å². The number of nitrogens with zero attached hydrogens (tertiary/aromatic N) is 1. The minimum absolute atomic E-state index is 0. The van der Waals surface area contributed by atoms with E-state index in [9.17, 15) is 26.3 Å². The monoisotopic (exact) mass is 553 g/mol. The highest BCUT2D eigenvalue weighted by molar-refractivity contribution is 14.0. The third kappa shape index (κ3) is 8.12. The fraction of sp³-hybridized carbons (Fsp3) is 0.632. The van der Waals surface area contributed by atoms with Crippen molar-refractivity contribution in [2.24, 2.45) is 4.99 Å². The molecule has 4 nitrogen and oxygen atoms in total. The van der Waals surface area contributed by atoms with Crippen molar-refractivity contribution in [2.75, 3.05) is 32.8 Å². The van der Waals surface area contributed by atoms with Gasteiger partial charge in [0.15, 0.2) is 5.96 Å². The molecule has 11 heteroatoms. The first-order valence-corrected chi connectivity index (χ1v) is 9.40. The predicted molar refractivity (Wildman–Crippen MR) is 113 cm³/mol. The van der Waals surface area contributed by atoms with Gasteiger partial charge in [0, 0.05) is 31.7 Å². The van der Waals surface area contributed by atoms with Crippen LogP contribution in [-0.2, 0) is 16.3 Å². The second-order valence-corrected chi connectivity index (χ2v) is 6.96. The number of aliphatic imine (C=N–C) groups is 1. The highest BCUT2D eigenvalue weighted by atomic mass is 127. The van der Waals surface area contributed by atoms with Crippen LogP contribution in [0.4, 0.5) is 26.3 Å². The third-order valence-electron chi connectivity index (χ3n) is 4.84. The molecule has 0 radical (unpaired) electrons. The van der Waals surface area contributed by atoms with Gasteiger partial charge in [0.1, 0.15) is 0 Å². The summed E-state index contributed by atoms with van der Waals surface area (Å²) >= 11 is 0. The average molecular weight is 553 g/mol. The molecule has 0 atom stereocenters. The lowest BCUT2D eigenvalue weighted by molar-refractivity contribution is -0.137. The zero-order chi connectivity index (χ0) is 21.5. The van der Waals surface area contributed by atoms with Gasteiger partial charge < -0.3 is 15.4 Å². The highest BCUT2D eigenvalue weighted by Crippen LogP contribution is 2.38. The van der Waals surface area contributed by atoms with Gasteiger partial charge in [0.25, 0.3) is 0 Å². The molecule has 1 aliphatic rings. The number of nitrogens with one attached hydrogen (secondary N) is 2. The van der Waals surface area contributed by atoms with Gasteiger partial charge in [-0.25, -0.2) is 0 Å². The van der Waals surface area contributed by atoms with E-state index >= 15 is 0 Å². The van der Waals surface area contributed by atoms with Crippen LogP contribution < -0.4 is 10.6 Å². The Kier molecular flexibility index (Phi) is 10.2. The summed E-state index contributed by atoms with van der Waals surface area (Å²) in [5.74, 6) is 0.203. The zero-order valence-corrected chi connectivity index (χ0v) is 18.8. The van der Waals surface area contributed by atoms with Gasteiger partial charge in [-0.3, -0.25) is 4.99 Å². The molecule has 0 spiro atoms. The molecule has 2 N–H and O–H groups in total. The van der Waals surface area contributed by atoms with Crippen molar-refractivity contribution in [3.05, 3.63) is 35.4 Å². The molecular weight excluding hydrogens is 527 g/mol. The number of alkyl halides is 6. The number of ether oxygens (including phenoxy) is 1. The number of hydrogen-bond donors (Lipinski definition) is 2. The first-order valence-electron chi connectivity index (χ1n) is 9.40. The van der Waals surface area contributed by atoms with Crippen LogP contribution in [0.2, 0.25) is 0 Å². The molecule has 2 rings (SSSR count). The Balaban J connectivity index is 0.00000450. The summed E-state index contributed by atoms with van der Waals surface area (Å²) in [5.41, 5.74) is -0.906. The number of rotatable bonds is 6. The first-order chi connectivity index (χ1) is 13.6. The molecular formula is C19H26F6IN3O. The van der Waals surface area contributed by atoms with Crippen molar-refractivity contribution in [2.45, 2.75) is 44.0 Å². The third-order valence-corrected chi connectivity index (χ3v) is 4.84. The van der Waals surface area contributed by atoms with Crippen molar-refractivity contribution < 1.29 is 31.1 Å². The molecule has 1 fully saturated rings. The fourth-order valence-corrected chi connectivity index (χ4v) is 3.22. The molecule has 0 saturated carbocycles. The van der Waals surface area contributed by atoms with Crippen molar-refractivity contribution in [1.82, 2.24) is 10.6 Å². The summed E-state index contributed by atoms with van der Waals surface area (Å²) in [5, 5.41) is 5.50. The Morgan fingerprint density at radius 2 is 1.77 bits per heavy atom. The van der Waals surface area contributed by atoms with E-state index in [4.69, 9.17) is 4.74 Å². The normalized spacial score (nSPS) is 17.2. The van der Waals surface area contributed by atoms with E-state index in [0.717, 1.165) is 12.1 Å². The zero-order valence-electron chi connectivity index (χ0n) is 16.5. The smallest absolute Gasteiger partial charge is 0.381 e. The molecule has 1 aromatic carbocycles. The number of guanidine groups is 1. The Bertz CT molecular complexity index is 688. The molecule has 172 valence electrons. The minimum atomic E-state index is -4.46. The van der Waals surface area contributed by atoms with Crippen LogP contribution in [0.5, 0.6) is 0 Å². The Labute approximate surface area is 188 Å². The Hall–Kier alpha value is -1.24. The summed E-state index contributed by atoms with van der Waals surface area (Å²) < 4.78 is 81.9. The molecule has 0 bridgehead atoms. The van der Waals surface area contributed by atoms with E-state index in [2.05, 4.69) is 15.6 Å². The highest BCUT2D eigenvalue weighted by Gasteiger charge is 2.37. The summed E-state index contributed by atoms with van der Waals surface area (Å²) in [6.07, 6.45) is -8.81. The van der Waals surface area contributed by atoms with Gasteiger partial charge in [0.2, 0.25) is 0 Å². The van der Waals surface area contributed by atoms with Gasteiger partial charge in [-0.1, -0.05) is 18.2 Å². The molecule has 0 amide bonds. The second-order valence-electron chi connectivity index (χ2n) is 6.96. The van der Waals surface area contributed by atoms with E-state index < -0.39 is 29.8 Å². The quantitative estimate of drug-likeness (QED) is 0.229. The summed E-state index contributed by atoms with van der Waals surface area (Å²) in [6, 6.07) is 5.15. The topological polar surface area (TPSA) is 45.7 Å². The van der Waals surface area contributed by atoms with Crippen molar-refractivity contribution >= 4 is 29.9 Å². The molecule has 1 aliphatic heterocycles. The fourth-order valence-electron chi connectivity index (χ4n) is 3.22. The van der Waals surface area contributed by atoms with Gasteiger partial charge in [-0.05, 0) is 31.4 Å². The Morgan fingerprint density at radius 1 is 1.10 bits per heavy atom. The van der Waals surface area contributed by atoms with E-state index in [1.807, 2.05) is 0 Å². The van der Waals surface area contributed by atoms with Crippen LogP contribution in [0.25, 0.3) is 0 Å². The van der Waals surface area contributed by atoms with Crippen LogP contribution in [0.3, 0.4) is 0 Å². The maximum Gasteiger partial charge on any atom is 0.416 e. The molecule has 1 aromatic rings. The van der Waals surface area contributed by atoms with Gasteiger partial charge >= 0.3 is 12.4 Å². The van der Waals surface area contributed by atoms with Crippen molar-refractivity contribution in [3.63, 3.8) is 0 Å². The Morgan fingerprint density at radius 3 is 2.33 bits per heavy atom. The average Bonchev–Trinajstić information content (AvgIpc) is 2.65. The van der Waals surface area contributed by atoms with Crippen LogP contribution in [-0.4, -0.2) is 45.0 Å². The molecule has 0 aliphatic carbocycles. The SMILES string of the molecule is CCNC(=NCC1(c2cccc(C(F)(F)F)c2)CCOCC1)NCCC(F)(F)F.I. The van der Waals surface area contributed by atoms with Crippen molar-refractivity contribution in [3.8, 4) is 0 Å². The van der Waals surface area contributed by atoms with Crippen LogP contribution >= 0.6 is 24.0 Å². The number of hydrogen-bond acceptors (Lipinski definition) is 2.